The van der Waals surface area contributed by atoms with Crippen molar-refractivity contribution < 1.29 is 4.79 Å². The van der Waals surface area contributed by atoms with Crippen LogP contribution in [0.3, 0.4) is 0 Å². The number of nitrogens with two attached hydrogens (primary N) is 1. The van der Waals surface area contributed by atoms with E-state index in [-0.39, 0.29) is 0 Å². The van der Waals surface area contributed by atoms with Crippen LogP contribution in [0.25, 0.3) is 0 Å². The number of hydrogen-bond acceptors (Lipinski definition) is 1. The van der Waals surface area contributed by atoms with Crippen LogP contribution in [0.5, 0.6) is 0 Å². The Labute approximate surface area is 96.9 Å². The lowest BCUT2D eigenvalue weighted by Crippen LogP contribution is -2.11. The van der Waals surface area contributed by atoms with Gasteiger partial charge in [0.25, 0.3) is 0 Å². The fraction of sp³-hybridized carbons (Fsp3) is 0.222. The first-order valence-corrected chi connectivity index (χ1v) is 4.97. The van der Waals surface area contributed by atoms with Crippen LogP contribution in [0.15, 0.2) is 24.3 Å². The molecule has 5 heteroatoms. The van der Waals surface area contributed by atoms with Crippen molar-refractivity contribution in [2.24, 2.45) is 5.73 Å². The first-order valence-electron chi connectivity index (χ1n) is 3.84. The summed E-state index contributed by atoms with van der Waals surface area (Å²) in [5.41, 5.74) is 6.36. The van der Waals surface area contributed by atoms with Crippen LogP contribution in [0.1, 0.15) is 15.9 Å². The monoisotopic (exact) mass is 251 g/mol. The molecule has 0 aliphatic heterocycles. The first kappa shape index (κ1) is 11.6. The van der Waals surface area contributed by atoms with E-state index in [1.807, 2.05) is 0 Å². The minimum atomic E-state index is -1.31. The third-order valence-corrected chi connectivity index (χ3v) is 2.04. The van der Waals surface area contributed by atoms with Crippen molar-refractivity contribution in [3.05, 3.63) is 35.4 Å². The van der Waals surface area contributed by atoms with Crippen molar-refractivity contribution in [3.63, 3.8) is 0 Å². The summed E-state index contributed by atoms with van der Waals surface area (Å²) >= 11 is 16.8. The number of benzene rings is 1. The van der Waals surface area contributed by atoms with Gasteiger partial charge in [-0.2, -0.15) is 0 Å². The van der Waals surface area contributed by atoms with Gasteiger partial charge in [-0.15, -0.1) is 0 Å². The first-order chi connectivity index (χ1) is 6.38. The summed E-state index contributed by atoms with van der Waals surface area (Å²) in [5.74, 6) is -0.467. The summed E-state index contributed by atoms with van der Waals surface area (Å²) in [5, 5.41) is 0. The van der Waals surface area contributed by atoms with Gasteiger partial charge in [0, 0.05) is 12.0 Å². The lowest BCUT2D eigenvalue weighted by molar-refractivity contribution is 0.100. The van der Waals surface area contributed by atoms with Gasteiger partial charge in [-0.25, -0.2) is 0 Å². The van der Waals surface area contributed by atoms with E-state index in [0.29, 0.717) is 12.0 Å². The normalized spacial score (nSPS) is 11.4. The Morgan fingerprint density at radius 3 is 2.07 bits per heavy atom. The van der Waals surface area contributed by atoms with E-state index in [1.54, 1.807) is 24.3 Å². The molecule has 0 aliphatic rings. The number of carbonyl (C=O) groups excluding carboxylic acids is 1. The molecule has 0 saturated heterocycles. The van der Waals surface area contributed by atoms with Crippen molar-refractivity contribution in [3.8, 4) is 0 Å². The van der Waals surface area contributed by atoms with Crippen molar-refractivity contribution >= 4 is 40.7 Å². The fourth-order valence-electron chi connectivity index (χ4n) is 1.02. The molecule has 0 saturated carbocycles. The molecule has 0 unspecified atom stereocenters. The van der Waals surface area contributed by atoms with Crippen molar-refractivity contribution in [1.82, 2.24) is 0 Å². The van der Waals surface area contributed by atoms with E-state index in [1.165, 1.54) is 0 Å². The molecule has 0 fully saturated rings. The van der Waals surface area contributed by atoms with E-state index < -0.39 is 9.70 Å². The molecule has 0 heterocycles. The molecule has 14 heavy (non-hydrogen) atoms. The molecule has 1 rings (SSSR count). The highest BCUT2D eigenvalue weighted by Gasteiger charge is 2.19. The number of halogens is 3. The van der Waals surface area contributed by atoms with Crippen molar-refractivity contribution in [1.29, 1.82) is 0 Å². The molecule has 0 radical (unpaired) electrons. The van der Waals surface area contributed by atoms with Crippen LogP contribution in [0.4, 0.5) is 0 Å². The summed E-state index contributed by atoms with van der Waals surface area (Å²) in [7, 11) is 0. The highest BCUT2D eigenvalue weighted by atomic mass is 35.6. The highest BCUT2D eigenvalue weighted by molar-refractivity contribution is 6.67. The number of carbonyl (C=O) groups is 1. The Hall–Kier alpha value is -0.440. The Kier molecular flexibility index (Phi) is 3.65. The zero-order valence-corrected chi connectivity index (χ0v) is 9.40. The number of primary amides is 1. The Bertz CT molecular complexity index is 329. The van der Waals surface area contributed by atoms with Gasteiger partial charge >= 0.3 is 0 Å². The molecule has 2 N–H and O–H groups in total. The predicted octanol–water partition coefficient (Wildman–Crippen LogP) is 2.70. The van der Waals surface area contributed by atoms with Crippen LogP contribution < -0.4 is 5.73 Å². The van der Waals surface area contributed by atoms with Gasteiger partial charge in [0.15, 0.2) is 3.79 Å². The summed E-state index contributed by atoms with van der Waals surface area (Å²) < 4.78 is -1.31. The van der Waals surface area contributed by atoms with Crippen molar-refractivity contribution in [2.45, 2.75) is 10.2 Å². The van der Waals surface area contributed by atoms with Crippen LogP contribution in [0.2, 0.25) is 0 Å². The minimum absolute atomic E-state index is 0.302. The molecule has 1 aromatic carbocycles. The molecule has 76 valence electrons. The number of amides is 1. The topological polar surface area (TPSA) is 43.1 Å². The summed E-state index contributed by atoms with van der Waals surface area (Å²) in [4.78, 5) is 10.7. The Morgan fingerprint density at radius 2 is 1.71 bits per heavy atom. The standard InChI is InChI=1S/C9H8Cl3NO/c10-9(11,12)5-6-1-3-7(4-2-6)8(13)14/h1-4H,5H2,(H2,13,14). The van der Waals surface area contributed by atoms with Crippen LogP contribution in [-0.2, 0) is 6.42 Å². The van der Waals surface area contributed by atoms with Crippen LogP contribution in [-0.4, -0.2) is 9.70 Å². The predicted molar refractivity (Wildman–Crippen MR) is 59.0 cm³/mol. The van der Waals surface area contributed by atoms with E-state index in [4.69, 9.17) is 40.5 Å². The molecule has 2 nitrogen and oxygen atoms in total. The van der Waals surface area contributed by atoms with Crippen LogP contribution in [0, 0.1) is 0 Å². The van der Waals surface area contributed by atoms with Gasteiger partial charge in [0.1, 0.15) is 0 Å². The van der Waals surface area contributed by atoms with Gasteiger partial charge < -0.3 is 5.73 Å². The van der Waals surface area contributed by atoms with Crippen LogP contribution >= 0.6 is 34.8 Å². The average Bonchev–Trinajstić information content (AvgIpc) is 2.02. The maximum absolute atomic E-state index is 10.7. The molecule has 0 aromatic heterocycles. The summed E-state index contributed by atoms with van der Waals surface area (Å²) in [6.07, 6.45) is 0.302. The van der Waals surface area contributed by atoms with Gasteiger partial charge in [0.2, 0.25) is 5.91 Å². The highest BCUT2D eigenvalue weighted by Crippen LogP contribution is 2.30. The zero-order chi connectivity index (χ0) is 10.8. The molecule has 1 amide bonds. The second-order valence-electron chi connectivity index (χ2n) is 2.85. The molecule has 0 spiro atoms. The minimum Gasteiger partial charge on any atom is -0.366 e. The van der Waals surface area contributed by atoms with Gasteiger partial charge in [-0.05, 0) is 17.7 Å². The van der Waals surface area contributed by atoms with E-state index >= 15 is 0 Å². The zero-order valence-electron chi connectivity index (χ0n) is 7.14. The van der Waals surface area contributed by atoms with E-state index in [0.717, 1.165) is 5.56 Å². The molecule has 0 bridgehead atoms. The van der Waals surface area contributed by atoms with Gasteiger partial charge in [-0.3, -0.25) is 4.79 Å². The van der Waals surface area contributed by atoms with Crippen molar-refractivity contribution in [2.75, 3.05) is 0 Å². The fourth-order valence-corrected chi connectivity index (χ4v) is 1.48. The average molecular weight is 253 g/mol. The van der Waals surface area contributed by atoms with E-state index in [9.17, 15) is 4.79 Å². The van der Waals surface area contributed by atoms with E-state index in [2.05, 4.69) is 0 Å². The molecule has 0 atom stereocenters. The Morgan fingerprint density at radius 1 is 1.21 bits per heavy atom. The number of rotatable bonds is 2. The van der Waals surface area contributed by atoms with Gasteiger partial charge in [0.05, 0.1) is 0 Å². The second-order valence-corrected chi connectivity index (χ2v) is 5.37. The lowest BCUT2D eigenvalue weighted by atomic mass is 10.1. The third-order valence-electron chi connectivity index (χ3n) is 1.64. The molecule has 0 aliphatic carbocycles. The summed E-state index contributed by atoms with van der Waals surface area (Å²) in [6.45, 7) is 0. The number of alkyl halides is 3. The smallest absolute Gasteiger partial charge is 0.248 e. The SMILES string of the molecule is NC(=O)c1ccc(CC(Cl)(Cl)Cl)cc1. The largest absolute Gasteiger partial charge is 0.366 e. The molecule has 1 aromatic rings. The lowest BCUT2D eigenvalue weighted by Gasteiger charge is -2.10. The Balaban J connectivity index is 2.79. The second kappa shape index (κ2) is 4.39. The maximum atomic E-state index is 10.7. The number of hydrogen-bond donors (Lipinski definition) is 1. The molecular formula is C9H8Cl3NO. The molecular weight excluding hydrogens is 244 g/mol. The summed E-state index contributed by atoms with van der Waals surface area (Å²) in [6, 6.07) is 6.63. The maximum Gasteiger partial charge on any atom is 0.248 e. The van der Waals surface area contributed by atoms with Gasteiger partial charge in [-0.1, -0.05) is 46.9 Å². The quantitative estimate of drug-likeness (QED) is 0.808. The third kappa shape index (κ3) is 3.74.